The van der Waals surface area contributed by atoms with Crippen molar-refractivity contribution in [3.8, 4) is 0 Å². The highest BCUT2D eigenvalue weighted by Gasteiger charge is 2.21. The first-order chi connectivity index (χ1) is 8.02. The maximum atomic E-state index is 11.3. The van der Waals surface area contributed by atoms with E-state index < -0.39 is 0 Å². The normalized spacial score (nSPS) is 20.5. The zero-order valence-electron chi connectivity index (χ0n) is 11.0. The number of alkyl halides is 1. The number of nitrogens with zero attached hydrogens (tertiary/aromatic N) is 2. The van der Waals surface area contributed by atoms with Gasteiger partial charge in [-0.25, -0.2) is 0 Å². The van der Waals surface area contributed by atoms with Gasteiger partial charge < -0.3 is 14.5 Å². The van der Waals surface area contributed by atoms with E-state index in [1.165, 1.54) is 33.0 Å². The second kappa shape index (κ2) is 7.34. The molecule has 0 radical (unpaired) electrons. The van der Waals surface area contributed by atoms with Gasteiger partial charge in [0.15, 0.2) is 0 Å². The van der Waals surface area contributed by atoms with Crippen molar-refractivity contribution in [3.63, 3.8) is 0 Å². The standard InChI is InChI=1S/C12H23BrN2O2/c1-14-6-4-10(5-7-14)8-15(2)9-11(13)12(16)17-3/h10-11H,4-9H2,1-3H3. The van der Waals surface area contributed by atoms with Crippen molar-refractivity contribution in [1.29, 1.82) is 0 Å². The molecule has 1 atom stereocenters. The summed E-state index contributed by atoms with van der Waals surface area (Å²) in [5.74, 6) is 0.564. The molecule has 0 N–H and O–H groups in total. The number of rotatable bonds is 5. The highest BCUT2D eigenvalue weighted by atomic mass is 79.9. The Morgan fingerprint density at radius 2 is 2.12 bits per heavy atom. The zero-order chi connectivity index (χ0) is 12.8. The van der Waals surface area contributed by atoms with E-state index in [2.05, 4.69) is 39.8 Å². The van der Waals surface area contributed by atoms with Crippen LogP contribution < -0.4 is 0 Å². The molecule has 1 unspecified atom stereocenters. The third kappa shape index (κ3) is 5.36. The van der Waals surface area contributed by atoms with Gasteiger partial charge in [-0.05, 0) is 45.9 Å². The fraction of sp³-hybridized carbons (Fsp3) is 0.917. The van der Waals surface area contributed by atoms with Crippen molar-refractivity contribution in [2.75, 3.05) is 47.4 Å². The SMILES string of the molecule is COC(=O)C(Br)CN(C)CC1CCN(C)CC1. The molecule has 1 aliphatic heterocycles. The Balaban J connectivity index is 2.24. The molecule has 4 nitrogen and oxygen atoms in total. The Labute approximate surface area is 112 Å². The van der Waals surface area contributed by atoms with Gasteiger partial charge in [0.2, 0.25) is 0 Å². The lowest BCUT2D eigenvalue weighted by Gasteiger charge is -2.32. The van der Waals surface area contributed by atoms with Crippen LogP contribution in [0.3, 0.4) is 0 Å². The van der Waals surface area contributed by atoms with Gasteiger partial charge in [0.1, 0.15) is 4.83 Å². The van der Waals surface area contributed by atoms with Crippen LogP contribution in [0, 0.1) is 5.92 Å². The van der Waals surface area contributed by atoms with Crippen molar-refractivity contribution < 1.29 is 9.53 Å². The van der Waals surface area contributed by atoms with Crippen molar-refractivity contribution in [3.05, 3.63) is 0 Å². The first kappa shape index (κ1) is 14.9. The van der Waals surface area contributed by atoms with Gasteiger partial charge >= 0.3 is 5.97 Å². The summed E-state index contributed by atoms with van der Waals surface area (Å²) in [5.41, 5.74) is 0. The van der Waals surface area contributed by atoms with Gasteiger partial charge in [0, 0.05) is 13.1 Å². The molecular formula is C12H23BrN2O2. The van der Waals surface area contributed by atoms with Crippen LogP contribution in [0.1, 0.15) is 12.8 Å². The van der Waals surface area contributed by atoms with E-state index in [4.69, 9.17) is 4.74 Å². The molecular weight excluding hydrogens is 284 g/mol. The van der Waals surface area contributed by atoms with Crippen LogP contribution in [-0.2, 0) is 9.53 Å². The lowest BCUT2D eigenvalue weighted by molar-refractivity contribution is -0.140. The molecule has 1 heterocycles. The molecule has 0 aliphatic carbocycles. The van der Waals surface area contributed by atoms with Crippen LogP contribution in [0.4, 0.5) is 0 Å². The smallest absolute Gasteiger partial charge is 0.320 e. The summed E-state index contributed by atoms with van der Waals surface area (Å²) in [5, 5.41) is 0. The maximum Gasteiger partial charge on any atom is 0.320 e. The molecule has 0 spiro atoms. The third-order valence-corrected chi connectivity index (χ3v) is 4.00. The summed E-state index contributed by atoms with van der Waals surface area (Å²) in [7, 11) is 5.66. The largest absolute Gasteiger partial charge is 0.468 e. The Kier molecular flexibility index (Phi) is 6.44. The first-order valence-corrected chi connectivity index (χ1v) is 7.03. The molecule has 5 heteroatoms. The summed E-state index contributed by atoms with van der Waals surface area (Å²) in [4.78, 5) is 15.6. The van der Waals surface area contributed by atoms with Crippen LogP contribution in [-0.4, -0.2) is 68.0 Å². The summed E-state index contributed by atoms with van der Waals surface area (Å²) in [6, 6.07) is 0. The maximum absolute atomic E-state index is 11.3. The minimum atomic E-state index is -0.219. The van der Waals surface area contributed by atoms with Gasteiger partial charge in [-0.2, -0.15) is 0 Å². The minimum Gasteiger partial charge on any atom is -0.468 e. The Bertz CT molecular complexity index is 243. The van der Waals surface area contributed by atoms with Crippen LogP contribution in [0.15, 0.2) is 0 Å². The number of hydrogen-bond acceptors (Lipinski definition) is 4. The molecule has 1 aliphatic rings. The Hall–Kier alpha value is -0.130. The van der Waals surface area contributed by atoms with E-state index in [0.717, 1.165) is 12.5 Å². The zero-order valence-corrected chi connectivity index (χ0v) is 12.6. The molecule has 0 bridgehead atoms. The Morgan fingerprint density at radius 1 is 1.53 bits per heavy atom. The van der Waals surface area contributed by atoms with Gasteiger partial charge in [-0.1, -0.05) is 15.9 Å². The van der Waals surface area contributed by atoms with Crippen LogP contribution in [0.5, 0.6) is 0 Å². The second-order valence-corrected chi connectivity index (χ2v) is 6.06. The molecule has 1 saturated heterocycles. The molecule has 0 aromatic heterocycles. The van der Waals surface area contributed by atoms with E-state index >= 15 is 0 Å². The predicted octanol–water partition coefficient (Wildman–Crippen LogP) is 1.20. The summed E-state index contributed by atoms with van der Waals surface area (Å²) >= 11 is 3.35. The molecule has 1 rings (SSSR count). The van der Waals surface area contributed by atoms with Crippen LogP contribution in [0.25, 0.3) is 0 Å². The average Bonchev–Trinajstić information content (AvgIpc) is 2.30. The lowest BCUT2D eigenvalue weighted by Crippen LogP contribution is -2.38. The summed E-state index contributed by atoms with van der Waals surface area (Å²) in [6.07, 6.45) is 2.51. The summed E-state index contributed by atoms with van der Waals surface area (Å²) < 4.78 is 4.70. The number of carbonyl (C=O) groups excluding carboxylic acids is 1. The highest BCUT2D eigenvalue weighted by Crippen LogP contribution is 2.17. The van der Waals surface area contributed by atoms with E-state index in [0.29, 0.717) is 6.54 Å². The number of methoxy groups -OCH3 is 1. The number of ether oxygens (including phenoxy) is 1. The van der Waals surface area contributed by atoms with E-state index in [9.17, 15) is 4.79 Å². The van der Waals surface area contributed by atoms with Crippen molar-refractivity contribution in [1.82, 2.24) is 9.80 Å². The van der Waals surface area contributed by atoms with E-state index in [1.807, 2.05) is 0 Å². The van der Waals surface area contributed by atoms with Gasteiger partial charge in [-0.15, -0.1) is 0 Å². The fourth-order valence-corrected chi connectivity index (χ4v) is 2.92. The number of piperidine rings is 1. The van der Waals surface area contributed by atoms with Crippen LogP contribution in [0.2, 0.25) is 0 Å². The van der Waals surface area contributed by atoms with E-state index in [1.54, 1.807) is 0 Å². The molecule has 0 aromatic rings. The van der Waals surface area contributed by atoms with E-state index in [-0.39, 0.29) is 10.8 Å². The number of esters is 1. The Morgan fingerprint density at radius 3 is 2.65 bits per heavy atom. The highest BCUT2D eigenvalue weighted by molar-refractivity contribution is 9.10. The molecule has 0 aromatic carbocycles. The fourth-order valence-electron chi connectivity index (χ4n) is 2.24. The van der Waals surface area contributed by atoms with Crippen LogP contribution >= 0.6 is 15.9 Å². The predicted molar refractivity (Wildman–Crippen MR) is 72.4 cm³/mol. The van der Waals surface area contributed by atoms with Gasteiger partial charge in [-0.3, -0.25) is 4.79 Å². The first-order valence-electron chi connectivity index (χ1n) is 6.12. The van der Waals surface area contributed by atoms with Crippen molar-refractivity contribution in [2.24, 2.45) is 5.92 Å². The quantitative estimate of drug-likeness (QED) is 0.564. The number of halogens is 1. The topological polar surface area (TPSA) is 32.8 Å². The number of carbonyl (C=O) groups is 1. The molecule has 0 amide bonds. The monoisotopic (exact) mass is 306 g/mol. The average molecular weight is 307 g/mol. The van der Waals surface area contributed by atoms with Crippen molar-refractivity contribution >= 4 is 21.9 Å². The summed E-state index contributed by atoms with van der Waals surface area (Å²) in [6.45, 7) is 4.15. The number of likely N-dealkylation sites (tertiary alicyclic amines) is 1. The molecule has 100 valence electrons. The van der Waals surface area contributed by atoms with Gasteiger partial charge in [0.25, 0.3) is 0 Å². The number of hydrogen-bond donors (Lipinski definition) is 0. The van der Waals surface area contributed by atoms with Gasteiger partial charge in [0.05, 0.1) is 7.11 Å². The van der Waals surface area contributed by atoms with Crippen molar-refractivity contribution in [2.45, 2.75) is 17.7 Å². The third-order valence-electron chi connectivity index (χ3n) is 3.34. The molecule has 17 heavy (non-hydrogen) atoms. The lowest BCUT2D eigenvalue weighted by atomic mass is 9.97. The minimum absolute atomic E-state index is 0.194. The molecule has 0 saturated carbocycles. The molecule has 1 fully saturated rings. The second-order valence-electron chi connectivity index (χ2n) is 4.96.